The molecule has 1 heterocycles. The van der Waals surface area contributed by atoms with Crippen LogP contribution in [0.4, 0.5) is 17.1 Å². The molecule has 184 valence electrons. The van der Waals surface area contributed by atoms with Gasteiger partial charge in [0, 0.05) is 34.4 Å². The lowest BCUT2D eigenvalue weighted by Gasteiger charge is -2.19. The van der Waals surface area contributed by atoms with Crippen LogP contribution in [0.3, 0.4) is 0 Å². The maximum atomic E-state index is 12.9. The third-order valence-corrected chi connectivity index (χ3v) is 8.59. The number of nitrogens with zero attached hydrogens (tertiary/aromatic N) is 1. The lowest BCUT2D eigenvalue weighted by Crippen LogP contribution is -2.24. The maximum Gasteiger partial charge on any atom is 0.261 e. The molecule has 3 aromatic rings. The van der Waals surface area contributed by atoms with Crippen LogP contribution in [0.2, 0.25) is 10.0 Å². The second kappa shape index (κ2) is 9.69. The summed E-state index contributed by atoms with van der Waals surface area (Å²) in [6, 6.07) is 14.1. The topological polar surface area (TPSA) is 113 Å². The molecule has 1 aliphatic heterocycles. The summed E-state index contributed by atoms with van der Waals surface area (Å²) in [5.74, 6) is 0.0184. The first-order chi connectivity index (χ1) is 16.4. The van der Waals surface area contributed by atoms with Gasteiger partial charge in [0.2, 0.25) is 5.91 Å². The van der Waals surface area contributed by atoms with Crippen molar-refractivity contribution in [3.63, 3.8) is 0 Å². The molecule has 1 aliphatic rings. The molecule has 12 heteroatoms. The van der Waals surface area contributed by atoms with Crippen molar-refractivity contribution in [2.75, 3.05) is 20.9 Å². The van der Waals surface area contributed by atoms with Crippen molar-refractivity contribution in [2.45, 2.75) is 29.6 Å². The van der Waals surface area contributed by atoms with Gasteiger partial charge in [-0.25, -0.2) is 16.8 Å². The zero-order valence-electron chi connectivity index (χ0n) is 18.5. The minimum Gasteiger partial charge on any atom is -0.312 e. The van der Waals surface area contributed by atoms with Crippen molar-refractivity contribution in [1.82, 2.24) is 0 Å². The molecule has 35 heavy (non-hydrogen) atoms. The summed E-state index contributed by atoms with van der Waals surface area (Å²) in [6.07, 6.45) is 1.25. The molecule has 0 saturated carbocycles. The number of rotatable bonds is 7. The van der Waals surface area contributed by atoms with Gasteiger partial charge in [0.1, 0.15) is 0 Å². The van der Waals surface area contributed by atoms with Crippen LogP contribution in [-0.2, 0) is 24.8 Å². The number of hydrogen-bond donors (Lipinski definition) is 2. The van der Waals surface area contributed by atoms with Crippen molar-refractivity contribution in [2.24, 2.45) is 0 Å². The second-order valence-electron chi connectivity index (χ2n) is 7.99. The predicted octanol–water partition coefficient (Wildman–Crippen LogP) is 5.03. The van der Waals surface area contributed by atoms with E-state index >= 15 is 0 Å². The quantitative estimate of drug-likeness (QED) is 0.426. The van der Waals surface area contributed by atoms with Gasteiger partial charge in [-0.05, 0) is 79.6 Å². The molecule has 0 atom stereocenters. The Hall–Kier alpha value is -2.79. The van der Waals surface area contributed by atoms with E-state index in [2.05, 4.69) is 9.44 Å². The van der Waals surface area contributed by atoms with Crippen LogP contribution in [-0.4, -0.2) is 29.3 Å². The molecule has 3 aromatic carbocycles. The highest BCUT2D eigenvalue weighted by Crippen LogP contribution is 2.29. The van der Waals surface area contributed by atoms with Crippen LogP contribution in [0.1, 0.15) is 18.4 Å². The average molecular weight is 554 g/mol. The van der Waals surface area contributed by atoms with Gasteiger partial charge in [-0.2, -0.15) is 0 Å². The number of aryl methyl sites for hydroxylation is 1. The SMILES string of the molecule is Cc1cc(S(=O)(=O)Nc2ccc(S(=O)(=O)Nc3cc(Cl)cc(Cl)c3)cc2)ccc1N1CCCC1=O. The molecular weight excluding hydrogens is 533 g/mol. The van der Waals surface area contributed by atoms with E-state index in [0.29, 0.717) is 24.2 Å². The second-order valence-corrected chi connectivity index (χ2v) is 12.2. The Morgan fingerprint density at radius 2 is 1.34 bits per heavy atom. The fourth-order valence-electron chi connectivity index (χ4n) is 3.74. The first-order valence-corrected chi connectivity index (χ1v) is 14.2. The molecule has 2 N–H and O–H groups in total. The fourth-order valence-corrected chi connectivity index (χ4v) is 6.45. The lowest BCUT2D eigenvalue weighted by atomic mass is 10.2. The number of amides is 1. The van der Waals surface area contributed by atoms with Crippen LogP contribution >= 0.6 is 23.2 Å². The zero-order valence-corrected chi connectivity index (χ0v) is 21.6. The normalized spacial score (nSPS) is 14.3. The molecule has 0 aliphatic carbocycles. The smallest absolute Gasteiger partial charge is 0.261 e. The van der Waals surface area contributed by atoms with Crippen molar-refractivity contribution in [1.29, 1.82) is 0 Å². The van der Waals surface area contributed by atoms with Crippen LogP contribution in [0.5, 0.6) is 0 Å². The standard InChI is InChI=1S/C23H21Cl2N3O5S2/c1-15-11-21(8-9-22(15)28-10-2-3-23(28)29)35(32,33)26-18-4-6-20(7-5-18)34(30,31)27-19-13-16(24)12-17(25)14-19/h4-9,11-14,26-27H,2-3,10H2,1H3. The molecule has 0 aromatic heterocycles. The molecular formula is C23H21Cl2N3O5S2. The van der Waals surface area contributed by atoms with E-state index in [9.17, 15) is 21.6 Å². The summed E-state index contributed by atoms with van der Waals surface area (Å²) >= 11 is 11.8. The molecule has 1 amide bonds. The van der Waals surface area contributed by atoms with Crippen molar-refractivity contribution in [3.05, 3.63) is 76.3 Å². The van der Waals surface area contributed by atoms with Crippen LogP contribution in [0.25, 0.3) is 0 Å². The summed E-state index contributed by atoms with van der Waals surface area (Å²) < 4.78 is 56.0. The maximum absolute atomic E-state index is 12.9. The van der Waals surface area contributed by atoms with Gasteiger partial charge >= 0.3 is 0 Å². The summed E-state index contributed by atoms with van der Waals surface area (Å²) in [5.41, 5.74) is 1.74. The third kappa shape index (κ3) is 5.72. The Balaban J connectivity index is 1.50. The number of carbonyl (C=O) groups is 1. The number of halogens is 2. The van der Waals surface area contributed by atoms with Gasteiger partial charge in [0.25, 0.3) is 20.0 Å². The highest BCUT2D eigenvalue weighted by molar-refractivity contribution is 7.93. The molecule has 0 bridgehead atoms. The number of carbonyl (C=O) groups excluding carboxylic acids is 1. The molecule has 1 fully saturated rings. The summed E-state index contributed by atoms with van der Waals surface area (Å²) in [4.78, 5) is 13.6. The van der Waals surface area contributed by atoms with Crippen molar-refractivity contribution < 1.29 is 21.6 Å². The minimum atomic E-state index is -3.96. The molecule has 4 rings (SSSR count). The van der Waals surface area contributed by atoms with E-state index < -0.39 is 20.0 Å². The number of nitrogens with one attached hydrogen (secondary N) is 2. The number of benzene rings is 3. The van der Waals surface area contributed by atoms with Gasteiger partial charge in [-0.3, -0.25) is 14.2 Å². The van der Waals surface area contributed by atoms with Gasteiger partial charge in [0.05, 0.1) is 15.5 Å². The van der Waals surface area contributed by atoms with E-state index in [-0.39, 0.29) is 37.1 Å². The summed E-state index contributed by atoms with van der Waals surface area (Å²) in [7, 11) is -7.90. The number of hydrogen-bond acceptors (Lipinski definition) is 5. The Kier molecular flexibility index (Phi) is 7.01. The predicted molar refractivity (Wildman–Crippen MR) is 137 cm³/mol. The van der Waals surface area contributed by atoms with Gasteiger partial charge in [-0.15, -0.1) is 0 Å². The van der Waals surface area contributed by atoms with E-state index in [4.69, 9.17) is 23.2 Å². The van der Waals surface area contributed by atoms with E-state index in [1.807, 2.05) is 0 Å². The number of sulfonamides is 2. The van der Waals surface area contributed by atoms with Gasteiger partial charge in [0.15, 0.2) is 0 Å². The lowest BCUT2D eigenvalue weighted by molar-refractivity contribution is -0.117. The number of anilines is 3. The largest absolute Gasteiger partial charge is 0.312 e. The third-order valence-electron chi connectivity index (χ3n) is 5.37. The van der Waals surface area contributed by atoms with E-state index in [0.717, 1.165) is 6.42 Å². The summed E-state index contributed by atoms with van der Waals surface area (Å²) in [6.45, 7) is 2.36. The molecule has 8 nitrogen and oxygen atoms in total. The van der Waals surface area contributed by atoms with Crippen LogP contribution in [0.15, 0.2) is 70.5 Å². The van der Waals surface area contributed by atoms with Crippen LogP contribution in [0, 0.1) is 6.92 Å². The van der Waals surface area contributed by atoms with Crippen LogP contribution < -0.4 is 14.3 Å². The Morgan fingerprint density at radius 1 is 0.771 bits per heavy atom. The zero-order chi connectivity index (χ0) is 25.4. The molecule has 0 unspecified atom stereocenters. The van der Waals surface area contributed by atoms with E-state index in [1.54, 1.807) is 17.9 Å². The Morgan fingerprint density at radius 3 is 1.91 bits per heavy atom. The minimum absolute atomic E-state index is 0.0184. The Labute approximate surface area is 214 Å². The summed E-state index contributed by atoms with van der Waals surface area (Å²) in [5, 5.41) is 0.547. The molecule has 0 spiro atoms. The highest BCUT2D eigenvalue weighted by atomic mass is 35.5. The highest BCUT2D eigenvalue weighted by Gasteiger charge is 2.24. The van der Waals surface area contributed by atoms with Gasteiger partial charge < -0.3 is 4.90 Å². The van der Waals surface area contributed by atoms with Crippen molar-refractivity contribution in [3.8, 4) is 0 Å². The fraction of sp³-hybridized carbons (Fsp3) is 0.174. The first-order valence-electron chi connectivity index (χ1n) is 10.5. The van der Waals surface area contributed by atoms with E-state index in [1.165, 1.54) is 54.6 Å². The monoisotopic (exact) mass is 553 g/mol. The average Bonchev–Trinajstić information content (AvgIpc) is 3.18. The first kappa shape index (κ1) is 25.3. The molecule has 0 radical (unpaired) electrons. The van der Waals surface area contributed by atoms with Crippen molar-refractivity contribution >= 4 is 66.2 Å². The Bertz CT molecular complexity index is 1490. The molecule has 1 saturated heterocycles. The van der Waals surface area contributed by atoms with Gasteiger partial charge in [-0.1, -0.05) is 23.2 Å².